The van der Waals surface area contributed by atoms with Crippen molar-refractivity contribution in [1.82, 2.24) is 0 Å². The molecule has 7 N–H and O–H groups in total. The lowest BCUT2D eigenvalue weighted by molar-refractivity contribution is -0.354. The summed E-state index contributed by atoms with van der Waals surface area (Å²) in [6.45, 7) is 0.659. The summed E-state index contributed by atoms with van der Waals surface area (Å²) in [5, 5.41) is 72.8. The zero-order valence-corrected chi connectivity index (χ0v) is 23.8. The van der Waals surface area contributed by atoms with Crippen molar-refractivity contribution in [3.63, 3.8) is 0 Å². The van der Waals surface area contributed by atoms with Crippen molar-refractivity contribution in [2.24, 2.45) is 0 Å². The van der Waals surface area contributed by atoms with E-state index in [0.29, 0.717) is 11.3 Å². The van der Waals surface area contributed by atoms with Gasteiger partial charge in [0.15, 0.2) is 29.3 Å². The Labute approximate surface area is 249 Å². The number of fused-ring (bicyclic) bond motifs is 1. The van der Waals surface area contributed by atoms with Gasteiger partial charge in [-0.1, -0.05) is 0 Å². The van der Waals surface area contributed by atoms with Crippen LogP contribution in [0.15, 0.2) is 45.6 Å². The van der Waals surface area contributed by atoms with Crippen LogP contribution in [0.1, 0.15) is 6.92 Å². The maximum atomic E-state index is 13.2. The highest BCUT2D eigenvalue weighted by molar-refractivity contribution is 5.89. The Kier molecular flexibility index (Phi) is 9.31. The smallest absolute Gasteiger partial charge is 0.230 e. The van der Waals surface area contributed by atoms with Crippen LogP contribution in [-0.2, 0) is 14.2 Å². The first-order valence-corrected chi connectivity index (χ1v) is 13.7. The highest BCUT2D eigenvalue weighted by Gasteiger charge is 2.51. The standard InChI is InChI=1S/C29H34O15/c1-11-20(32)23(35)25(37)28(40-11)44-27-24(36)21(33)18(10-30)42-29(27)43-26-17(39-3)9-16-19(22(26)34)14(31)8-15(41-16)12-4-6-13(38-2)7-5-12/h4-9,11,18,20-21,23-25,27-30,32-37H,10H2,1-3H3/t11?,18?,20-,21+,23-,24-,25?,27?,28-,29-/m0/s1. The molecule has 5 rings (SSSR count). The number of benzene rings is 2. The molecule has 0 aliphatic carbocycles. The molecule has 0 amide bonds. The third-order valence-electron chi connectivity index (χ3n) is 7.67. The molecule has 240 valence electrons. The average molecular weight is 623 g/mol. The van der Waals surface area contributed by atoms with Crippen molar-refractivity contribution in [2.45, 2.75) is 68.3 Å². The van der Waals surface area contributed by atoms with Gasteiger partial charge in [0.2, 0.25) is 12.0 Å². The number of rotatable bonds is 8. The number of aliphatic hydroxyl groups is 6. The van der Waals surface area contributed by atoms with Gasteiger partial charge in [0.05, 0.1) is 26.9 Å². The zero-order valence-electron chi connectivity index (χ0n) is 23.8. The van der Waals surface area contributed by atoms with Gasteiger partial charge in [-0.15, -0.1) is 0 Å². The molecule has 2 aliphatic rings. The second-order valence-corrected chi connectivity index (χ2v) is 10.4. The lowest BCUT2D eigenvalue weighted by atomic mass is 9.97. The van der Waals surface area contributed by atoms with E-state index in [2.05, 4.69) is 0 Å². The predicted molar refractivity (Wildman–Crippen MR) is 148 cm³/mol. The number of phenolic OH excluding ortho intramolecular Hbond substituents is 1. The van der Waals surface area contributed by atoms with Crippen LogP contribution >= 0.6 is 0 Å². The summed E-state index contributed by atoms with van der Waals surface area (Å²) in [6.07, 6.45) is -15.8. The van der Waals surface area contributed by atoms with E-state index >= 15 is 0 Å². The summed E-state index contributed by atoms with van der Waals surface area (Å²) in [6, 6.07) is 9.20. The number of hydrogen-bond acceptors (Lipinski definition) is 15. The first-order valence-electron chi connectivity index (χ1n) is 13.7. The van der Waals surface area contributed by atoms with E-state index in [-0.39, 0.29) is 22.5 Å². The van der Waals surface area contributed by atoms with Crippen LogP contribution in [-0.4, -0.2) is 118 Å². The second-order valence-electron chi connectivity index (χ2n) is 10.4. The van der Waals surface area contributed by atoms with E-state index in [1.54, 1.807) is 24.3 Å². The van der Waals surface area contributed by atoms with Crippen molar-refractivity contribution in [3.05, 3.63) is 46.6 Å². The average Bonchev–Trinajstić information content (AvgIpc) is 3.02. The molecule has 1 aromatic heterocycles. The SMILES string of the molecule is COc1ccc(-c2cc(=O)c3c(O)c(O[C@@H]4OC(CO)[C@@H](O)[C@H](O)C4O[C@@H]4OC(C)[C@H](O)[C@H](O)C4O)c(OC)cc3o2)cc1. The summed E-state index contributed by atoms with van der Waals surface area (Å²) < 4.78 is 39.1. The minimum atomic E-state index is -1.81. The van der Waals surface area contributed by atoms with Gasteiger partial charge in [-0.05, 0) is 31.2 Å². The zero-order chi connectivity index (χ0) is 31.9. The van der Waals surface area contributed by atoms with E-state index in [4.69, 9.17) is 32.8 Å². The molecule has 0 bridgehead atoms. The van der Waals surface area contributed by atoms with Gasteiger partial charge in [-0.2, -0.15) is 0 Å². The highest BCUT2D eigenvalue weighted by Crippen LogP contribution is 2.44. The summed E-state index contributed by atoms with van der Waals surface area (Å²) in [4.78, 5) is 13.2. The molecule has 0 radical (unpaired) electrons. The van der Waals surface area contributed by atoms with Crippen LogP contribution in [0, 0.1) is 0 Å². The topological polar surface area (TPSA) is 227 Å². The predicted octanol–water partition coefficient (Wildman–Crippen LogP) is -0.787. The van der Waals surface area contributed by atoms with Gasteiger partial charge in [0, 0.05) is 17.7 Å². The van der Waals surface area contributed by atoms with Crippen molar-refractivity contribution in [1.29, 1.82) is 0 Å². The number of ether oxygens (including phenoxy) is 6. The summed E-state index contributed by atoms with van der Waals surface area (Å²) >= 11 is 0. The Morgan fingerprint density at radius 2 is 1.55 bits per heavy atom. The lowest BCUT2D eigenvalue weighted by Gasteiger charge is -2.45. The minimum Gasteiger partial charge on any atom is -0.504 e. The molecule has 3 heterocycles. The Bertz CT molecular complexity index is 1510. The van der Waals surface area contributed by atoms with Gasteiger partial charge in [0.1, 0.15) is 59.1 Å². The largest absolute Gasteiger partial charge is 0.504 e. The third-order valence-corrected chi connectivity index (χ3v) is 7.67. The van der Waals surface area contributed by atoms with Crippen LogP contribution < -0.4 is 19.6 Å². The van der Waals surface area contributed by atoms with Crippen LogP contribution in [0.5, 0.6) is 23.0 Å². The van der Waals surface area contributed by atoms with Crippen LogP contribution in [0.25, 0.3) is 22.3 Å². The van der Waals surface area contributed by atoms with Gasteiger partial charge < -0.3 is 68.6 Å². The van der Waals surface area contributed by atoms with Gasteiger partial charge in [-0.3, -0.25) is 4.79 Å². The molecule has 3 aromatic rings. The molecule has 2 fully saturated rings. The first-order chi connectivity index (χ1) is 21.0. The first kappa shape index (κ1) is 31.9. The van der Waals surface area contributed by atoms with E-state index in [1.165, 1.54) is 33.3 Å². The molecule has 15 nitrogen and oxygen atoms in total. The Balaban J connectivity index is 1.51. The van der Waals surface area contributed by atoms with E-state index in [9.17, 15) is 40.5 Å². The van der Waals surface area contributed by atoms with Gasteiger partial charge >= 0.3 is 0 Å². The maximum absolute atomic E-state index is 13.2. The fourth-order valence-electron chi connectivity index (χ4n) is 5.12. The molecule has 15 heteroatoms. The number of phenols is 1. The number of hydrogen-bond donors (Lipinski definition) is 7. The second kappa shape index (κ2) is 12.8. The fraction of sp³-hybridized carbons (Fsp3) is 0.483. The molecule has 4 unspecified atom stereocenters. The van der Waals surface area contributed by atoms with Gasteiger partial charge in [0.25, 0.3) is 0 Å². The van der Waals surface area contributed by atoms with Gasteiger partial charge in [-0.25, -0.2) is 0 Å². The Hall–Kier alpha value is -3.51. The van der Waals surface area contributed by atoms with Crippen LogP contribution in [0.3, 0.4) is 0 Å². The van der Waals surface area contributed by atoms with Crippen molar-refractivity contribution in [3.8, 4) is 34.3 Å². The number of methoxy groups -OCH3 is 2. The molecule has 0 saturated carbocycles. The normalized spacial score (nSPS) is 32.4. The van der Waals surface area contributed by atoms with Crippen molar-refractivity contribution >= 4 is 11.0 Å². The highest BCUT2D eigenvalue weighted by atomic mass is 16.8. The monoisotopic (exact) mass is 622 g/mol. The molecule has 10 atom stereocenters. The minimum absolute atomic E-state index is 0.0497. The summed E-state index contributed by atoms with van der Waals surface area (Å²) in [5.41, 5.74) is -0.129. The molecular weight excluding hydrogens is 588 g/mol. The molecule has 44 heavy (non-hydrogen) atoms. The summed E-state index contributed by atoms with van der Waals surface area (Å²) in [5.74, 6) is -0.482. The lowest BCUT2D eigenvalue weighted by Crippen LogP contribution is -2.64. The number of aromatic hydroxyl groups is 1. The maximum Gasteiger partial charge on any atom is 0.230 e. The molecular formula is C29H34O15. The number of aliphatic hydroxyl groups excluding tert-OH is 6. The van der Waals surface area contributed by atoms with E-state index in [0.717, 1.165) is 0 Å². The molecule has 2 aromatic carbocycles. The Morgan fingerprint density at radius 1 is 0.841 bits per heavy atom. The van der Waals surface area contributed by atoms with E-state index in [1.807, 2.05) is 0 Å². The third kappa shape index (κ3) is 5.81. The summed E-state index contributed by atoms with van der Waals surface area (Å²) in [7, 11) is 2.77. The fourth-order valence-corrected chi connectivity index (χ4v) is 5.12. The van der Waals surface area contributed by atoms with Crippen molar-refractivity contribution < 1.29 is 68.6 Å². The Morgan fingerprint density at radius 3 is 2.18 bits per heavy atom. The molecule has 0 spiro atoms. The molecule has 2 aliphatic heterocycles. The molecule has 2 saturated heterocycles. The van der Waals surface area contributed by atoms with Crippen LogP contribution in [0.2, 0.25) is 0 Å². The van der Waals surface area contributed by atoms with E-state index < -0.39 is 84.9 Å². The quantitative estimate of drug-likeness (QED) is 0.163. The van der Waals surface area contributed by atoms with Crippen LogP contribution in [0.4, 0.5) is 0 Å². The van der Waals surface area contributed by atoms with Crippen molar-refractivity contribution in [2.75, 3.05) is 20.8 Å².